The van der Waals surface area contributed by atoms with Gasteiger partial charge in [-0.25, -0.2) is 4.39 Å². The molecule has 0 aromatic carbocycles. The lowest BCUT2D eigenvalue weighted by Gasteiger charge is -2.48. The van der Waals surface area contributed by atoms with Crippen LogP contribution in [0, 0.1) is 29.1 Å². The highest BCUT2D eigenvalue weighted by molar-refractivity contribution is 5.84. The van der Waals surface area contributed by atoms with Gasteiger partial charge in [-0.05, 0) is 69.6 Å². The maximum Gasteiger partial charge on any atom is 0.257 e. The summed E-state index contributed by atoms with van der Waals surface area (Å²) in [6, 6.07) is 1.73. The number of halogens is 1. The highest BCUT2D eigenvalue weighted by Crippen LogP contribution is 2.59. The number of carbonyl (C=O) groups excluding carboxylic acids is 1. The van der Waals surface area contributed by atoms with Gasteiger partial charge < -0.3 is 4.90 Å². The van der Waals surface area contributed by atoms with Crippen LogP contribution in [0.3, 0.4) is 0 Å². The van der Waals surface area contributed by atoms with Gasteiger partial charge in [0.25, 0.3) is 5.91 Å². The Balaban J connectivity index is 1.87. The number of nitrogens with zero attached hydrogens (tertiary/aromatic N) is 2. The Morgan fingerprint density at radius 1 is 1.00 bits per heavy atom. The van der Waals surface area contributed by atoms with Gasteiger partial charge in [-0.2, -0.15) is 0 Å². The standard InChI is InChI=1S/C25H45FN2O/c1-14(2)16(5)27-20(17-11-18(17)22(27)15(3)4)13-25(9,10)21-12-19(26)23(29)28(21)24(6,7)8/h14-22H,11-13H2,1-10H3. The topological polar surface area (TPSA) is 23.6 Å². The molecule has 2 heterocycles. The normalized spacial score (nSPS) is 37.0. The zero-order valence-electron chi connectivity index (χ0n) is 20.5. The van der Waals surface area contributed by atoms with Crippen LogP contribution >= 0.6 is 0 Å². The molecule has 1 aliphatic carbocycles. The zero-order chi connectivity index (χ0) is 22.0. The maximum absolute atomic E-state index is 14.6. The van der Waals surface area contributed by atoms with Gasteiger partial charge in [0.2, 0.25) is 0 Å². The van der Waals surface area contributed by atoms with E-state index in [-0.39, 0.29) is 22.9 Å². The minimum absolute atomic E-state index is 0.0310. The van der Waals surface area contributed by atoms with E-state index in [0.29, 0.717) is 36.4 Å². The fourth-order valence-corrected chi connectivity index (χ4v) is 6.60. The van der Waals surface area contributed by atoms with Gasteiger partial charge >= 0.3 is 0 Å². The smallest absolute Gasteiger partial charge is 0.257 e. The van der Waals surface area contributed by atoms with E-state index < -0.39 is 6.17 Å². The Morgan fingerprint density at radius 3 is 2.07 bits per heavy atom. The lowest BCUT2D eigenvalue weighted by molar-refractivity contribution is -0.139. The van der Waals surface area contributed by atoms with Crippen molar-refractivity contribution >= 4 is 5.91 Å². The molecule has 0 bridgehead atoms. The van der Waals surface area contributed by atoms with E-state index in [4.69, 9.17) is 0 Å². The molecule has 7 unspecified atom stereocenters. The molecule has 29 heavy (non-hydrogen) atoms. The van der Waals surface area contributed by atoms with Crippen molar-refractivity contribution in [1.29, 1.82) is 0 Å². The number of alkyl halides is 1. The first-order valence-electron chi connectivity index (χ1n) is 11.9. The van der Waals surface area contributed by atoms with E-state index in [1.54, 1.807) is 0 Å². The molecule has 0 spiro atoms. The van der Waals surface area contributed by atoms with Crippen LogP contribution in [-0.4, -0.2) is 51.6 Å². The average Bonchev–Trinajstić information content (AvgIpc) is 3.19. The van der Waals surface area contributed by atoms with Crippen molar-refractivity contribution in [2.75, 3.05) is 0 Å². The van der Waals surface area contributed by atoms with E-state index in [1.165, 1.54) is 6.42 Å². The van der Waals surface area contributed by atoms with Crippen LogP contribution in [0.4, 0.5) is 4.39 Å². The molecule has 1 amide bonds. The van der Waals surface area contributed by atoms with E-state index in [0.717, 1.165) is 18.3 Å². The Labute approximate surface area is 178 Å². The van der Waals surface area contributed by atoms with Crippen molar-refractivity contribution in [3.8, 4) is 0 Å². The molecule has 0 radical (unpaired) electrons. The number of piperidine rings is 1. The predicted molar refractivity (Wildman–Crippen MR) is 118 cm³/mol. The summed E-state index contributed by atoms with van der Waals surface area (Å²) in [4.78, 5) is 17.4. The van der Waals surface area contributed by atoms with E-state index >= 15 is 0 Å². The molecule has 3 fully saturated rings. The second kappa shape index (κ2) is 7.50. The minimum atomic E-state index is -1.34. The number of rotatable bonds is 6. The molecular weight excluding hydrogens is 363 g/mol. The van der Waals surface area contributed by atoms with Crippen LogP contribution in [0.1, 0.15) is 88.5 Å². The Kier molecular flexibility index (Phi) is 5.95. The largest absolute Gasteiger partial charge is 0.332 e. The maximum atomic E-state index is 14.6. The Morgan fingerprint density at radius 2 is 1.59 bits per heavy atom. The SMILES string of the molecule is CC(C)C(C)N1C(CC(C)(C)C2CC(F)C(=O)N2C(C)(C)C)C2CC2C1C(C)C. The molecular formula is C25H45FN2O. The molecule has 0 aromatic rings. The molecule has 2 saturated heterocycles. The van der Waals surface area contributed by atoms with Crippen LogP contribution < -0.4 is 0 Å². The number of fused-ring (bicyclic) bond motifs is 1. The summed E-state index contributed by atoms with van der Waals surface area (Å²) in [5.74, 6) is 2.58. The van der Waals surface area contributed by atoms with Crippen LogP contribution in [0.5, 0.6) is 0 Å². The fraction of sp³-hybridized carbons (Fsp3) is 0.960. The molecule has 3 aliphatic rings. The Bertz CT molecular complexity index is 623. The lowest BCUT2D eigenvalue weighted by Crippen LogP contribution is -2.55. The molecule has 4 heteroatoms. The summed E-state index contributed by atoms with van der Waals surface area (Å²) in [7, 11) is 0. The first-order valence-corrected chi connectivity index (χ1v) is 11.9. The quantitative estimate of drug-likeness (QED) is 0.577. The van der Waals surface area contributed by atoms with E-state index in [2.05, 4.69) is 53.4 Å². The summed E-state index contributed by atoms with van der Waals surface area (Å²) in [6.07, 6.45) is 1.40. The third kappa shape index (κ3) is 4.00. The van der Waals surface area contributed by atoms with Gasteiger partial charge in [0.15, 0.2) is 6.17 Å². The van der Waals surface area contributed by atoms with Crippen molar-refractivity contribution in [1.82, 2.24) is 9.80 Å². The van der Waals surface area contributed by atoms with Gasteiger partial charge in [-0.15, -0.1) is 0 Å². The second-order valence-electron chi connectivity index (χ2n) is 12.6. The van der Waals surface area contributed by atoms with Crippen LogP contribution in [-0.2, 0) is 4.79 Å². The molecule has 1 saturated carbocycles. The van der Waals surface area contributed by atoms with Crippen LogP contribution in [0.2, 0.25) is 0 Å². The molecule has 0 N–H and O–H groups in total. The van der Waals surface area contributed by atoms with Gasteiger partial charge in [0.1, 0.15) is 0 Å². The van der Waals surface area contributed by atoms with Crippen LogP contribution in [0.15, 0.2) is 0 Å². The number of hydrogen-bond donors (Lipinski definition) is 0. The number of carbonyl (C=O) groups is 1. The van der Waals surface area contributed by atoms with E-state index in [9.17, 15) is 9.18 Å². The third-order valence-electron chi connectivity index (χ3n) is 8.28. The first-order chi connectivity index (χ1) is 13.2. The minimum Gasteiger partial charge on any atom is -0.332 e. The van der Waals surface area contributed by atoms with Crippen molar-refractivity contribution in [2.45, 2.75) is 124 Å². The highest BCUT2D eigenvalue weighted by Gasteiger charge is 2.62. The summed E-state index contributed by atoms with van der Waals surface area (Å²) >= 11 is 0. The summed E-state index contributed by atoms with van der Waals surface area (Å²) < 4.78 is 14.6. The van der Waals surface area contributed by atoms with Gasteiger partial charge in [0.05, 0.1) is 0 Å². The first kappa shape index (κ1) is 23.0. The van der Waals surface area contributed by atoms with Gasteiger partial charge in [-0.3, -0.25) is 9.69 Å². The molecule has 0 aromatic heterocycles. The Hall–Kier alpha value is -0.640. The third-order valence-corrected chi connectivity index (χ3v) is 8.28. The highest BCUT2D eigenvalue weighted by atomic mass is 19.1. The van der Waals surface area contributed by atoms with Crippen molar-refractivity contribution in [2.24, 2.45) is 29.1 Å². The molecule has 168 valence electrons. The number of hydrogen-bond acceptors (Lipinski definition) is 2. The summed E-state index contributed by atoms with van der Waals surface area (Å²) in [6.45, 7) is 22.5. The van der Waals surface area contributed by atoms with Crippen molar-refractivity contribution < 1.29 is 9.18 Å². The lowest BCUT2D eigenvalue weighted by atomic mass is 9.75. The predicted octanol–water partition coefficient (Wildman–Crippen LogP) is 5.53. The van der Waals surface area contributed by atoms with Gasteiger partial charge in [0, 0.05) is 36.1 Å². The number of amides is 1. The second-order valence-corrected chi connectivity index (χ2v) is 12.6. The molecule has 2 aliphatic heterocycles. The summed E-state index contributed by atoms with van der Waals surface area (Å²) in [5, 5.41) is 0. The fourth-order valence-electron chi connectivity index (χ4n) is 6.60. The van der Waals surface area contributed by atoms with Gasteiger partial charge in [-0.1, -0.05) is 41.5 Å². The van der Waals surface area contributed by atoms with Crippen molar-refractivity contribution in [3.05, 3.63) is 0 Å². The molecule has 7 atom stereocenters. The van der Waals surface area contributed by atoms with E-state index in [1.807, 2.05) is 25.7 Å². The summed E-state index contributed by atoms with van der Waals surface area (Å²) in [5.41, 5.74) is -0.453. The zero-order valence-corrected chi connectivity index (χ0v) is 20.5. The monoisotopic (exact) mass is 408 g/mol. The van der Waals surface area contributed by atoms with Crippen LogP contribution in [0.25, 0.3) is 0 Å². The van der Waals surface area contributed by atoms with Crippen molar-refractivity contribution in [3.63, 3.8) is 0 Å². The molecule has 3 rings (SSSR count). The molecule has 3 nitrogen and oxygen atoms in total. The number of likely N-dealkylation sites (tertiary alicyclic amines) is 2. The average molecular weight is 409 g/mol.